The molecule has 96 valence electrons. The summed E-state index contributed by atoms with van der Waals surface area (Å²) in [5, 5.41) is 4.28. The standard InChI is InChI=1S/C14H20N4/c1-14(2,3)12-6-4-11(5-7-12)9-18-10-16-13(8-15)17-18/h4-7,10H,8-9,15H2,1-3H3. The van der Waals surface area contributed by atoms with Gasteiger partial charge >= 0.3 is 0 Å². The Kier molecular flexibility index (Phi) is 3.48. The van der Waals surface area contributed by atoms with E-state index in [1.807, 2.05) is 4.68 Å². The number of hydrogen-bond donors (Lipinski definition) is 1. The van der Waals surface area contributed by atoms with Gasteiger partial charge in [-0.05, 0) is 16.5 Å². The van der Waals surface area contributed by atoms with Crippen molar-refractivity contribution < 1.29 is 0 Å². The molecule has 2 rings (SSSR count). The van der Waals surface area contributed by atoms with Gasteiger partial charge in [-0.1, -0.05) is 45.0 Å². The smallest absolute Gasteiger partial charge is 0.164 e. The molecule has 0 saturated heterocycles. The van der Waals surface area contributed by atoms with Crippen molar-refractivity contribution in [2.75, 3.05) is 0 Å². The van der Waals surface area contributed by atoms with Crippen LogP contribution in [0.2, 0.25) is 0 Å². The van der Waals surface area contributed by atoms with Crippen molar-refractivity contribution in [2.45, 2.75) is 39.3 Å². The van der Waals surface area contributed by atoms with Crippen molar-refractivity contribution in [2.24, 2.45) is 5.73 Å². The Morgan fingerprint density at radius 1 is 1.17 bits per heavy atom. The van der Waals surface area contributed by atoms with Crippen LogP contribution in [-0.4, -0.2) is 14.8 Å². The molecule has 1 heterocycles. The third kappa shape index (κ3) is 2.96. The van der Waals surface area contributed by atoms with E-state index in [0.717, 1.165) is 6.54 Å². The highest BCUT2D eigenvalue weighted by Gasteiger charge is 2.12. The molecule has 0 atom stereocenters. The summed E-state index contributed by atoms with van der Waals surface area (Å²) in [6.45, 7) is 7.76. The molecular formula is C14H20N4. The summed E-state index contributed by atoms with van der Waals surface area (Å²) in [5.74, 6) is 0.682. The normalized spacial score (nSPS) is 11.8. The highest BCUT2D eigenvalue weighted by atomic mass is 15.3. The van der Waals surface area contributed by atoms with Crippen LogP contribution in [0.3, 0.4) is 0 Å². The van der Waals surface area contributed by atoms with Gasteiger partial charge in [0.1, 0.15) is 6.33 Å². The highest BCUT2D eigenvalue weighted by Crippen LogP contribution is 2.22. The van der Waals surface area contributed by atoms with Crippen LogP contribution in [0.4, 0.5) is 0 Å². The molecule has 1 aromatic carbocycles. The van der Waals surface area contributed by atoms with Gasteiger partial charge in [0.25, 0.3) is 0 Å². The van der Waals surface area contributed by atoms with E-state index in [4.69, 9.17) is 5.73 Å². The molecular weight excluding hydrogens is 224 g/mol. The van der Waals surface area contributed by atoms with Crippen molar-refractivity contribution >= 4 is 0 Å². The molecule has 0 amide bonds. The lowest BCUT2D eigenvalue weighted by Crippen LogP contribution is -2.11. The molecule has 0 aliphatic carbocycles. The van der Waals surface area contributed by atoms with Crippen molar-refractivity contribution in [1.29, 1.82) is 0 Å². The van der Waals surface area contributed by atoms with E-state index in [9.17, 15) is 0 Å². The van der Waals surface area contributed by atoms with Crippen molar-refractivity contribution in [3.05, 3.63) is 47.5 Å². The van der Waals surface area contributed by atoms with E-state index in [2.05, 4.69) is 55.1 Å². The molecule has 2 aromatic rings. The summed E-state index contributed by atoms with van der Waals surface area (Å²) >= 11 is 0. The number of nitrogens with zero attached hydrogens (tertiary/aromatic N) is 3. The number of benzene rings is 1. The summed E-state index contributed by atoms with van der Waals surface area (Å²) in [7, 11) is 0. The van der Waals surface area contributed by atoms with Crippen LogP contribution in [0.25, 0.3) is 0 Å². The van der Waals surface area contributed by atoms with Crippen molar-refractivity contribution in [3.63, 3.8) is 0 Å². The van der Waals surface area contributed by atoms with Gasteiger partial charge in [-0.2, -0.15) is 5.10 Å². The summed E-state index contributed by atoms with van der Waals surface area (Å²) in [5.41, 5.74) is 8.24. The Hall–Kier alpha value is -1.68. The van der Waals surface area contributed by atoms with E-state index in [1.54, 1.807) is 6.33 Å². The van der Waals surface area contributed by atoms with Gasteiger partial charge in [0.05, 0.1) is 13.1 Å². The number of rotatable bonds is 3. The van der Waals surface area contributed by atoms with Gasteiger partial charge in [0.15, 0.2) is 5.82 Å². The summed E-state index contributed by atoms with van der Waals surface area (Å²) in [4.78, 5) is 4.11. The van der Waals surface area contributed by atoms with Gasteiger partial charge < -0.3 is 5.73 Å². The van der Waals surface area contributed by atoms with E-state index >= 15 is 0 Å². The largest absolute Gasteiger partial charge is 0.324 e. The van der Waals surface area contributed by atoms with Crippen LogP contribution in [-0.2, 0) is 18.5 Å². The molecule has 0 bridgehead atoms. The minimum atomic E-state index is 0.193. The fourth-order valence-electron chi connectivity index (χ4n) is 1.80. The molecule has 1 aromatic heterocycles. The maximum atomic E-state index is 5.49. The van der Waals surface area contributed by atoms with Crippen molar-refractivity contribution in [1.82, 2.24) is 14.8 Å². The second-order valence-corrected chi connectivity index (χ2v) is 5.51. The first-order chi connectivity index (χ1) is 8.49. The lowest BCUT2D eigenvalue weighted by molar-refractivity contribution is 0.589. The monoisotopic (exact) mass is 244 g/mol. The minimum Gasteiger partial charge on any atom is -0.324 e. The van der Waals surface area contributed by atoms with Crippen LogP contribution in [0, 0.1) is 0 Å². The van der Waals surface area contributed by atoms with Crippen molar-refractivity contribution in [3.8, 4) is 0 Å². The molecule has 0 radical (unpaired) electrons. The van der Waals surface area contributed by atoms with Gasteiger partial charge in [-0.3, -0.25) is 0 Å². The second kappa shape index (κ2) is 4.90. The third-order valence-electron chi connectivity index (χ3n) is 2.93. The Labute approximate surface area is 108 Å². The van der Waals surface area contributed by atoms with E-state index in [0.29, 0.717) is 12.4 Å². The fraction of sp³-hybridized carbons (Fsp3) is 0.429. The fourth-order valence-corrected chi connectivity index (χ4v) is 1.80. The lowest BCUT2D eigenvalue weighted by atomic mass is 9.87. The van der Waals surface area contributed by atoms with Gasteiger partial charge in [-0.15, -0.1) is 0 Å². The summed E-state index contributed by atoms with van der Waals surface area (Å²) in [6.07, 6.45) is 1.72. The zero-order valence-corrected chi connectivity index (χ0v) is 11.2. The Bertz CT molecular complexity index is 505. The predicted molar refractivity (Wildman–Crippen MR) is 72.2 cm³/mol. The zero-order valence-electron chi connectivity index (χ0n) is 11.2. The lowest BCUT2D eigenvalue weighted by Gasteiger charge is -2.19. The van der Waals surface area contributed by atoms with E-state index < -0.39 is 0 Å². The molecule has 0 aliphatic rings. The van der Waals surface area contributed by atoms with Crippen LogP contribution >= 0.6 is 0 Å². The quantitative estimate of drug-likeness (QED) is 0.899. The summed E-state index contributed by atoms with van der Waals surface area (Å²) < 4.78 is 1.81. The Morgan fingerprint density at radius 3 is 2.33 bits per heavy atom. The second-order valence-electron chi connectivity index (χ2n) is 5.51. The molecule has 0 fully saturated rings. The minimum absolute atomic E-state index is 0.193. The van der Waals surface area contributed by atoms with Gasteiger partial charge in [0, 0.05) is 0 Å². The first kappa shape index (κ1) is 12.8. The molecule has 18 heavy (non-hydrogen) atoms. The average Bonchev–Trinajstić information content (AvgIpc) is 2.76. The van der Waals surface area contributed by atoms with Crippen LogP contribution in [0.1, 0.15) is 37.7 Å². The zero-order chi connectivity index (χ0) is 13.2. The molecule has 0 spiro atoms. The molecule has 4 nitrogen and oxygen atoms in total. The molecule has 2 N–H and O–H groups in total. The maximum Gasteiger partial charge on any atom is 0.164 e. The molecule has 0 saturated carbocycles. The van der Waals surface area contributed by atoms with Crippen LogP contribution < -0.4 is 5.73 Å². The maximum absolute atomic E-state index is 5.49. The van der Waals surface area contributed by atoms with E-state index in [-0.39, 0.29) is 5.41 Å². The highest BCUT2D eigenvalue weighted by molar-refractivity contribution is 5.27. The average molecular weight is 244 g/mol. The first-order valence-electron chi connectivity index (χ1n) is 6.17. The number of nitrogens with two attached hydrogens (primary N) is 1. The van der Waals surface area contributed by atoms with Gasteiger partial charge in [-0.25, -0.2) is 9.67 Å². The SMILES string of the molecule is CC(C)(C)c1ccc(Cn2cnc(CN)n2)cc1. The van der Waals surface area contributed by atoms with Gasteiger partial charge in [0.2, 0.25) is 0 Å². The molecule has 0 unspecified atom stereocenters. The molecule has 4 heteroatoms. The number of hydrogen-bond acceptors (Lipinski definition) is 3. The van der Waals surface area contributed by atoms with Crippen LogP contribution in [0.15, 0.2) is 30.6 Å². The Morgan fingerprint density at radius 2 is 1.83 bits per heavy atom. The summed E-state index contributed by atoms with van der Waals surface area (Å²) in [6, 6.07) is 8.64. The van der Waals surface area contributed by atoms with E-state index in [1.165, 1.54) is 11.1 Å². The topological polar surface area (TPSA) is 56.7 Å². The van der Waals surface area contributed by atoms with Crippen LogP contribution in [0.5, 0.6) is 0 Å². The first-order valence-corrected chi connectivity index (χ1v) is 6.17. The number of aromatic nitrogens is 3. The third-order valence-corrected chi connectivity index (χ3v) is 2.93. The molecule has 0 aliphatic heterocycles. The predicted octanol–water partition coefficient (Wildman–Crippen LogP) is 2.08. The Balaban J connectivity index is 2.11.